The molecule has 4 rings (SSSR count). The molecule has 4 aromatic carbocycles. The van der Waals surface area contributed by atoms with Gasteiger partial charge in [0.2, 0.25) is 0 Å². The highest BCUT2D eigenvalue weighted by atomic mass is 31.1. The summed E-state index contributed by atoms with van der Waals surface area (Å²) in [5, 5.41) is 7.01. The van der Waals surface area contributed by atoms with Gasteiger partial charge in [0.05, 0.1) is 0 Å². The second-order valence-electron chi connectivity index (χ2n) is 6.41. The van der Waals surface area contributed by atoms with E-state index in [2.05, 4.69) is 105 Å². The molecule has 25 heavy (non-hydrogen) atoms. The largest absolute Gasteiger partial charge is 0.0620 e. The Labute approximate surface area is 150 Å². The fourth-order valence-corrected chi connectivity index (χ4v) is 6.20. The average Bonchev–Trinajstić information content (AvgIpc) is 2.65. The molecule has 0 amide bonds. The third kappa shape index (κ3) is 2.99. The minimum Gasteiger partial charge on any atom is -0.0620 e. The van der Waals surface area contributed by atoms with Crippen LogP contribution in [0.4, 0.5) is 0 Å². The fraction of sp³-hybridized carbons (Fsp3) is 0.0833. The standard InChI is InChI=1S/C24H21P/c1-18-10-3-7-15-22(18)25(23-16-8-4-11-19(23)2)24-17-9-13-20-12-5-6-14-21(20)24/h3-17H,1-2H3. The lowest BCUT2D eigenvalue weighted by Gasteiger charge is -2.24. The minimum atomic E-state index is -0.587. The third-order valence-corrected chi connectivity index (χ3v) is 7.56. The predicted molar refractivity (Wildman–Crippen MR) is 112 cm³/mol. The van der Waals surface area contributed by atoms with Crippen LogP contribution in [-0.4, -0.2) is 0 Å². The normalized spacial score (nSPS) is 11.2. The van der Waals surface area contributed by atoms with Crippen LogP contribution in [0.3, 0.4) is 0 Å². The van der Waals surface area contributed by atoms with Crippen molar-refractivity contribution < 1.29 is 0 Å². The second kappa shape index (κ2) is 6.82. The molecule has 0 atom stereocenters. The Hall–Kier alpha value is -2.43. The van der Waals surface area contributed by atoms with Gasteiger partial charge in [-0.05, 0) is 59.6 Å². The van der Waals surface area contributed by atoms with E-state index in [1.807, 2.05) is 0 Å². The molecule has 0 unspecified atom stereocenters. The van der Waals surface area contributed by atoms with E-state index in [0.29, 0.717) is 0 Å². The molecule has 122 valence electrons. The van der Waals surface area contributed by atoms with E-state index in [0.717, 1.165) is 0 Å². The quantitative estimate of drug-likeness (QED) is 0.449. The summed E-state index contributed by atoms with van der Waals surface area (Å²) < 4.78 is 0. The van der Waals surface area contributed by atoms with Crippen molar-refractivity contribution in [2.75, 3.05) is 0 Å². The maximum Gasteiger partial charge on any atom is -0.00724 e. The Balaban J connectivity index is 2.05. The van der Waals surface area contributed by atoms with Crippen molar-refractivity contribution in [2.45, 2.75) is 13.8 Å². The lowest BCUT2D eigenvalue weighted by Crippen LogP contribution is -2.24. The molecule has 1 heteroatoms. The van der Waals surface area contributed by atoms with Gasteiger partial charge in [0.1, 0.15) is 0 Å². The zero-order valence-corrected chi connectivity index (χ0v) is 15.5. The predicted octanol–water partition coefficient (Wildman–Crippen LogP) is 5.21. The summed E-state index contributed by atoms with van der Waals surface area (Å²) in [6.07, 6.45) is 0. The third-order valence-electron chi connectivity index (χ3n) is 4.72. The summed E-state index contributed by atoms with van der Waals surface area (Å²) in [5.41, 5.74) is 2.73. The Morgan fingerprint density at radius 3 is 1.60 bits per heavy atom. The van der Waals surface area contributed by atoms with Crippen LogP contribution in [0.5, 0.6) is 0 Å². The highest BCUT2D eigenvalue weighted by molar-refractivity contribution is 7.80. The first kappa shape index (κ1) is 16.1. The van der Waals surface area contributed by atoms with Crippen LogP contribution in [0.2, 0.25) is 0 Å². The van der Waals surface area contributed by atoms with Crippen LogP contribution < -0.4 is 15.9 Å². The van der Waals surface area contributed by atoms with E-state index >= 15 is 0 Å². The number of hydrogen-bond donors (Lipinski definition) is 0. The molecule has 0 aliphatic rings. The first-order chi connectivity index (χ1) is 12.3. The second-order valence-corrected chi connectivity index (χ2v) is 8.52. The van der Waals surface area contributed by atoms with Crippen LogP contribution in [0.15, 0.2) is 91.0 Å². The number of hydrogen-bond acceptors (Lipinski definition) is 0. The molecular weight excluding hydrogens is 319 g/mol. The molecular formula is C24H21P. The van der Waals surface area contributed by atoms with Gasteiger partial charge in [-0.3, -0.25) is 0 Å². The maximum absolute atomic E-state index is 2.31. The SMILES string of the molecule is Cc1ccccc1P(c1ccccc1C)c1cccc2ccccc12. The van der Waals surface area contributed by atoms with Gasteiger partial charge in [0, 0.05) is 0 Å². The van der Waals surface area contributed by atoms with Crippen LogP contribution in [0, 0.1) is 13.8 Å². The number of benzene rings is 4. The van der Waals surface area contributed by atoms with Crippen molar-refractivity contribution in [1.82, 2.24) is 0 Å². The lowest BCUT2D eigenvalue weighted by molar-refractivity contribution is 1.50. The van der Waals surface area contributed by atoms with Gasteiger partial charge in [0.25, 0.3) is 0 Å². The Bertz CT molecular complexity index is 982. The van der Waals surface area contributed by atoms with E-state index in [4.69, 9.17) is 0 Å². The van der Waals surface area contributed by atoms with E-state index in [9.17, 15) is 0 Å². The molecule has 0 aliphatic carbocycles. The molecule has 0 spiro atoms. The van der Waals surface area contributed by atoms with E-state index in [1.54, 1.807) is 0 Å². The average molecular weight is 340 g/mol. The highest BCUT2D eigenvalue weighted by Gasteiger charge is 2.21. The van der Waals surface area contributed by atoms with Gasteiger partial charge >= 0.3 is 0 Å². The van der Waals surface area contributed by atoms with Crippen molar-refractivity contribution in [3.8, 4) is 0 Å². The van der Waals surface area contributed by atoms with Crippen LogP contribution in [0.25, 0.3) is 10.8 Å². The van der Waals surface area contributed by atoms with Crippen molar-refractivity contribution in [1.29, 1.82) is 0 Å². The fourth-order valence-electron chi connectivity index (χ4n) is 3.42. The zero-order valence-electron chi connectivity index (χ0n) is 14.6. The summed E-state index contributed by atoms with van der Waals surface area (Å²) in [6, 6.07) is 33.1. The highest BCUT2D eigenvalue weighted by Crippen LogP contribution is 2.37. The number of fused-ring (bicyclic) bond motifs is 1. The molecule has 0 aliphatic heterocycles. The Kier molecular flexibility index (Phi) is 4.38. The molecule has 0 saturated carbocycles. The van der Waals surface area contributed by atoms with Gasteiger partial charge in [0.15, 0.2) is 0 Å². The zero-order chi connectivity index (χ0) is 17.2. The first-order valence-corrected chi connectivity index (χ1v) is 9.99. The van der Waals surface area contributed by atoms with E-state index < -0.39 is 7.92 Å². The van der Waals surface area contributed by atoms with Gasteiger partial charge in [-0.15, -0.1) is 0 Å². The van der Waals surface area contributed by atoms with Gasteiger partial charge in [-0.2, -0.15) is 0 Å². The van der Waals surface area contributed by atoms with Crippen LogP contribution >= 0.6 is 7.92 Å². The van der Waals surface area contributed by atoms with Gasteiger partial charge in [-0.1, -0.05) is 91.0 Å². The van der Waals surface area contributed by atoms with Crippen LogP contribution in [0.1, 0.15) is 11.1 Å². The summed E-state index contributed by atoms with van der Waals surface area (Å²) in [5.74, 6) is 0. The Morgan fingerprint density at radius 2 is 0.960 bits per heavy atom. The molecule has 0 nitrogen and oxygen atoms in total. The summed E-state index contributed by atoms with van der Waals surface area (Å²) in [7, 11) is -0.587. The molecule has 0 aromatic heterocycles. The Morgan fingerprint density at radius 1 is 0.480 bits per heavy atom. The summed E-state index contributed by atoms with van der Waals surface area (Å²) >= 11 is 0. The van der Waals surface area contributed by atoms with E-state index in [-0.39, 0.29) is 0 Å². The minimum absolute atomic E-state index is 0.587. The van der Waals surface area contributed by atoms with Crippen molar-refractivity contribution in [3.05, 3.63) is 102 Å². The molecule has 0 saturated heterocycles. The monoisotopic (exact) mass is 340 g/mol. The topological polar surface area (TPSA) is 0 Å². The van der Waals surface area contributed by atoms with Crippen molar-refractivity contribution in [2.24, 2.45) is 0 Å². The summed E-state index contributed by atoms with van der Waals surface area (Å²) in [6.45, 7) is 4.46. The van der Waals surface area contributed by atoms with Crippen molar-refractivity contribution in [3.63, 3.8) is 0 Å². The maximum atomic E-state index is 2.31. The molecule has 0 N–H and O–H groups in total. The first-order valence-electron chi connectivity index (χ1n) is 8.65. The van der Waals surface area contributed by atoms with Gasteiger partial charge < -0.3 is 0 Å². The molecule has 0 radical (unpaired) electrons. The lowest BCUT2D eigenvalue weighted by atomic mass is 10.1. The van der Waals surface area contributed by atoms with Crippen LogP contribution in [-0.2, 0) is 0 Å². The van der Waals surface area contributed by atoms with E-state index in [1.165, 1.54) is 37.8 Å². The van der Waals surface area contributed by atoms with Crippen molar-refractivity contribution >= 4 is 34.6 Å². The molecule has 0 bridgehead atoms. The smallest absolute Gasteiger partial charge is 0.00724 e. The number of rotatable bonds is 3. The van der Waals surface area contributed by atoms with Gasteiger partial charge in [-0.25, -0.2) is 0 Å². The number of aryl methyl sites for hydroxylation is 2. The molecule has 4 aromatic rings. The molecule has 0 heterocycles. The molecule has 0 fully saturated rings. The summed E-state index contributed by atoms with van der Waals surface area (Å²) in [4.78, 5) is 0.